The molecule has 0 fully saturated rings. The number of esters is 1. The molecule has 0 bridgehead atoms. The minimum Gasteiger partial charge on any atom is -0.497 e. The molecule has 1 N–H and O–H groups in total. The van der Waals surface area contributed by atoms with Crippen molar-refractivity contribution in [2.45, 2.75) is 6.92 Å². The number of aromatic nitrogens is 1. The number of hydrogen-bond donors (Lipinski definition) is 1. The fourth-order valence-corrected chi connectivity index (χ4v) is 2.61. The van der Waals surface area contributed by atoms with Crippen LogP contribution in [0.25, 0.3) is 10.6 Å². The summed E-state index contributed by atoms with van der Waals surface area (Å²) in [6.07, 6.45) is 0. The number of carbonyl (C=O) groups excluding carboxylic acids is 1. The van der Waals surface area contributed by atoms with E-state index in [4.69, 9.17) is 14.6 Å². The summed E-state index contributed by atoms with van der Waals surface area (Å²) in [6, 6.07) is 7.46. The third kappa shape index (κ3) is 3.15. The van der Waals surface area contributed by atoms with E-state index in [0.717, 1.165) is 16.3 Å². The van der Waals surface area contributed by atoms with Gasteiger partial charge in [0.15, 0.2) is 0 Å². The van der Waals surface area contributed by atoms with Gasteiger partial charge in [0.25, 0.3) is 0 Å². The maximum atomic E-state index is 11.8. The Hall–Kier alpha value is -1.92. The molecule has 2 rings (SSSR count). The van der Waals surface area contributed by atoms with Crippen LogP contribution in [0.5, 0.6) is 5.75 Å². The SMILES string of the molecule is COc1ccc(-c2nc(C)c(C(=O)OCCO)s2)cc1. The second kappa shape index (κ2) is 6.49. The summed E-state index contributed by atoms with van der Waals surface area (Å²) < 4.78 is 10.0. The molecule has 1 heterocycles. The van der Waals surface area contributed by atoms with E-state index >= 15 is 0 Å². The normalized spacial score (nSPS) is 10.3. The molecule has 1 aromatic heterocycles. The van der Waals surface area contributed by atoms with Crippen molar-refractivity contribution >= 4 is 17.3 Å². The lowest BCUT2D eigenvalue weighted by Crippen LogP contribution is -2.08. The summed E-state index contributed by atoms with van der Waals surface area (Å²) in [7, 11) is 1.61. The van der Waals surface area contributed by atoms with Gasteiger partial charge in [0.05, 0.1) is 19.4 Å². The number of methoxy groups -OCH3 is 1. The van der Waals surface area contributed by atoms with Crippen molar-refractivity contribution in [2.75, 3.05) is 20.3 Å². The van der Waals surface area contributed by atoms with E-state index in [1.165, 1.54) is 11.3 Å². The number of carbonyl (C=O) groups is 1. The first kappa shape index (κ1) is 14.5. The molecule has 1 aromatic carbocycles. The molecule has 0 aliphatic carbocycles. The first-order valence-electron chi connectivity index (χ1n) is 6.05. The zero-order valence-electron chi connectivity index (χ0n) is 11.3. The Kier molecular flexibility index (Phi) is 4.70. The molecule has 0 saturated carbocycles. The molecular formula is C14H15NO4S. The molecule has 0 atom stereocenters. The van der Waals surface area contributed by atoms with Gasteiger partial charge in [0.1, 0.15) is 22.2 Å². The number of aliphatic hydroxyl groups is 1. The molecule has 0 unspecified atom stereocenters. The Morgan fingerprint density at radius 2 is 2.05 bits per heavy atom. The zero-order valence-corrected chi connectivity index (χ0v) is 12.1. The van der Waals surface area contributed by atoms with Gasteiger partial charge in [-0.2, -0.15) is 0 Å². The summed E-state index contributed by atoms with van der Waals surface area (Å²) in [5.74, 6) is 0.318. The predicted molar refractivity (Wildman–Crippen MR) is 76.2 cm³/mol. The number of aryl methyl sites for hydroxylation is 1. The number of rotatable bonds is 5. The van der Waals surface area contributed by atoms with Gasteiger partial charge in [-0.3, -0.25) is 0 Å². The maximum Gasteiger partial charge on any atom is 0.350 e. The molecule has 0 saturated heterocycles. The highest BCUT2D eigenvalue weighted by Crippen LogP contribution is 2.29. The highest BCUT2D eigenvalue weighted by molar-refractivity contribution is 7.17. The fraction of sp³-hybridized carbons (Fsp3) is 0.286. The predicted octanol–water partition coefficient (Wildman–Crippen LogP) is 2.28. The standard InChI is InChI=1S/C14H15NO4S/c1-9-12(14(17)19-8-7-16)20-13(15-9)10-3-5-11(18-2)6-4-10/h3-6,16H,7-8H2,1-2H3. The Balaban J connectivity index is 2.23. The van der Waals surface area contributed by atoms with Crippen molar-refractivity contribution in [2.24, 2.45) is 0 Å². The lowest BCUT2D eigenvalue weighted by Gasteiger charge is -2.00. The molecular weight excluding hydrogens is 278 g/mol. The molecule has 0 radical (unpaired) electrons. The number of thiazole rings is 1. The van der Waals surface area contributed by atoms with Gasteiger partial charge in [-0.15, -0.1) is 11.3 Å². The minimum absolute atomic E-state index is 0.00591. The number of benzene rings is 1. The second-order valence-electron chi connectivity index (χ2n) is 4.02. The van der Waals surface area contributed by atoms with Gasteiger partial charge in [0, 0.05) is 5.56 Å². The minimum atomic E-state index is -0.450. The summed E-state index contributed by atoms with van der Waals surface area (Å²) in [6.45, 7) is 1.57. The third-order valence-electron chi connectivity index (χ3n) is 2.64. The van der Waals surface area contributed by atoms with Crippen LogP contribution in [-0.4, -0.2) is 36.4 Å². The Bertz CT molecular complexity index is 592. The summed E-state index contributed by atoms with van der Waals surface area (Å²) in [5, 5.41) is 9.41. The number of aliphatic hydroxyl groups excluding tert-OH is 1. The van der Waals surface area contributed by atoms with E-state index < -0.39 is 5.97 Å². The van der Waals surface area contributed by atoms with Crippen molar-refractivity contribution in [3.63, 3.8) is 0 Å². The van der Waals surface area contributed by atoms with Crippen LogP contribution in [0.3, 0.4) is 0 Å². The number of nitrogens with zero attached hydrogens (tertiary/aromatic N) is 1. The van der Waals surface area contributed by atoms with Gasteiger partial charge < -0.3 is 14.6 Å². The molecule has 5 nitrogen and oxygen atoms in total. The average Bonchev–Trinajstić information content (AvgIpc) is 2.87. The molecule has 0 aliphatic rings. The molecule has 0 spiro atoms. The average molecular weight is 293 g/mol. The van der Waals surface area contributed by atoms with Crippen LogP contribution in [-0.2, 0) is 4.74 Å². The highest BCUT2D eigenvalue weighted by Gasteiger charge is 2.17. The van der Waals surface area contributed by atoms with Crippen molar-refractivity contribution in [1.29, 1.82) is 0 Å². The monoisotopic (exact) mass is 293 g/mol. The molecule has 0 aliphatic heterocycles. The third-order valence-corrected chi connectivity index (χ3v) is 3.83. The largest absolute Gasteiger partial charge is 0.497 e. The summed E-state index contributed by atoms with van der Waals surface area (Å²) in [4.78, 5) is 16.6. The van der Waals surface area contributed by atoms with Crippen LogP contribution in [0.4, 0.5) is 0 Å². The Morgan fingerprint density at radius 3 is 2.65 bits per heavy atom. The van der Waals surface area contributed by atoms with Gasteiger partial charge in [0.2, 0.25) is 0 Å². The van der Waals surface area contributed by atoms with Crippen molar-refractivity contribution < 1.29 is 19.4 Å². The van der Waals surface area contributed by atoms with Gasteiger partial charge in [-0.25, -0.2) is 9.78 Å². The molecule has 2 aromatic rings. The van der Waals surface area contributed by atoms with Crippen LogP contribution in [0.15, 0.2) is 24.3 Å². The van der Waals surface area contributed by atoms with Crippen LogP contribution < -0.4 is 4.74 Å². The van der Waals surface area contributed by atoms with Crippen LogP contribution in [0, 0.1) is 6.92 Å². The number of hydrogen-bond acceptors (Lipinski definition) is 6. The van der Waals surface area contributed by atoms with Crippen LogP contribution in [0.2, 0.25) is 0 Å². The van der Waals surface area contributed by atoms with E-state index in [2.05, 4.69) is 4.98 Å². The Labute approximate surface area is 120 Å². The van der Waals surface area contributed by atoms with Crippen molar-refractivity contribution in [1.82, 2.24) is 4.98 Å². The van der Waals surface area contributed by atoms with Gasteiger partial charge in [-0.05, 0) is 31.2 Å². The maximum absolute atomic E-state index is 11.8. The summed E-state index contributed by atoms with van der Waals surface area (Å²) >= 11 is 1.28. The first-order valence-corrected chi connectivity index (χ1v) is 6.87. The fourth-order valence-electron chi connectivity index (χ4n) is 1.65. The Morgan fingerprint density at radius 1 is 1.35 bits per heavy atom. The van der Waals surface area contributed by atoms with E-state index in [0.29, 0.717) is 10.6 Å². The number of ether oxygens (including phenoxy) is 2. The van der Waals surface area contributed by atoms with Crippen LogP contribution >= 0.6 is 11.3 Å². The topological polar surface area (TPSA) is 68.7 Å². The summed E-state index contributed by atoms with van der Waals surface area (Å²) in [5.41, 5.74) is 1.55. The van der Waals surface area contributed by atoms with Gasteiger partial charge >= 0.3 is 5.97 Å². The van der Waals surface area contributed by atoms with Crippen molar-refractivity contribution in [3.05, 3.63) is 34.8 Å². The van der Waals surface area contributed by atoms with Crippen LogP contribution in [0.1, 0.15) is 15.4 Å². The molecule has 6 heteroatoms. The van der Waals surface area contributed by atoms with E-state index in [-0.39, 0.29) is 13.2 Å². The quantitative estimate of drug-likeness (QED) is 0.857. The lowest BCUT2D eigenvalue weighted by molar-refractivity contribution is 0.0438. The smallest absolute Gasteiger partial charge is 0.350 e. The second-order valence-corrected chi connectivity index (χ2v) is 5.02. The van der Waals surface area contributed by atoms with E-state index in [1.807, 2.05) is 24.3 Å². The van der Waals surface area contributed by atoms with E-state index in [1.54, 1.807) is 14.0 Å². The lowest BCUT2D eigenvalue weighted by atomic mass is 10.2. The zero-order chi connectivity index (χ0) is 14.5. The molecule has 106 valence electrons. The van der Waals surface area contributed by atoms with Gasteiger partial charge in [-0.1, -0.05) is 0 Å². The molecule has 0 amide bonds. The molecule has 20 heavy (non-hydrogen) atoms. The highest BCUT2D eigenvalue weighted by atomic mass is 32.1. The van der Waals surface area contributed by atoms with Crippen molar-refractivity contribution in [3.8, 4) is 16.3 Å². The van der Waals surface area contributed by atoms with E-state index in [9.17, 15) is 4.79 Å². The first-order chi connectivity index (χ1) is 9.65.